The van der Waals surface area contributed by atoms with Crippen molar-refractivity contribution < 1.29 is 27.1 Å². The Labute approximate surface area is 210 Å². The Kier molecular flexibility index (Phi) is 7.00. The first-order valence-electron chi connectivity index (χ1n) is 10.5. The minimum atomic E-state index is -4.28. The minimum Gasteiger partial charge on any atom is -0.493 e. The van der Waals surface area contributed by atoms with E-state index in [-0.39, 0.29) is 21.2 Å². The maximum absolute atomic E-state index is 13.6. The molecule has 0 radical (unpaired) electrons. The highest BCUT2D eigenvalue weighted by Crippen LogP contribution is 2.32. The van der Waals surface area contributed by atoms with Crippen molar-refractivity contribution in [2.24, 2.45) is 7.05 Å². The fourth-order valence-electron chi connectivity index (χ4n) is 3.57. The maximum atomic E-state index is 13.6. The largest absolute Gasteiger partial charge is 0.493 e. The molecule has 1 N–H and O–H groups in total. The highest BCUT2D eigenvalue weighted by atomic mass is 32.2. The number of aromatic nitrogens is 1. The van der Waals surface area contributed by atoms with Gasteiger partial charge in [0.15, 0.2) is 11.5 Å². The van der Waals surface area contributed by atoms with E-state index < -0.39 is 28.3 Å². The average Bonchev–Trinajstić information content (AvgIpc) is 3.15. The lowest BCUT2D eigenvalue weighted by Crippen LogP contribution is -2.38. The molecule has 188 valence electrons. The predicted molar refractivity (Wildman–Crippen MR) is 136 cm³/mol. The Morgan fingerprint density at radius 2 is 1.72 bits per heavy atom. The third kappa shape index (κ3) is 4.90. The molecular weight excluding hydrogens is 509 g/mol. The molecule has 1 heterocycles. The number of halogens is 1. The van der Waals surface area contributed by atoms with Gasteiger partial charge >= 0.3 is 4.87 Å². The number of carbonyl (C=O) groups excluding carboxylic acids is 1. The number of nitrogens with zero attached hydrogens (tertiary/aromatic N) is 2. The van der Waals surface area contributed by atoms with Gasteiger partial charge in [0, 0.05) is 18.8 Å². The number of amides is 1. The molecule has 1 aromatic heterocycles. The van der Waals surface area contributed by atoms with Crippen molar-refractivity contribution in [1.29, 1.82) is 0 Å². The van der Waals surface area contributed by atoms with E-state index in [9.17, 15) is 22.4 Å². The smallest absolute Gasteiger partial charge is 0.307 e. The van der Waals surface area contributed by atoms with E-state index in [2.05, 4.69) is 5.32 Å². The zero-order chi connectivity index (χ0) is 26.0. The SMILES string of the molecule is COc1ccc(S(=O)(=O)N(CC(=O)Nc2ccc3c(c2)sc(=O)n3C)c2ccc(F)cc2)cc1OC. The molecule has 1 amide bonds. The van der Waals surface area contributed by atoms with Gasteiger partial charge in [-0.05, 0) is 54.6 Å². The van der Waals surface area contributed by atoms with Crippen LogP contribution in [0.15, 0.2) is 70.4 Å². The molecule has 4 aromatic rings. The van der Waals surface area contributed by atoms with Crippen LogP contribution in [0.1, 0.15) is 0 Å². The zero-order valence-electron chi connectivity index (χ0n) is 19.5. The Morgan fingerprint density at radius 3 is 2.39 bits per heavy atom. The van der Waals surface area contributed by atoms with Crippen LogP contribution in [0.3, 0.4) is 0 Å². The fraction of sp³-hybridized carbons (Fsp3) is 0.167. The molecule has 0 unspecified atom stereocenters. The van der Waals surface area contributed by atoms with Gasteiger partial charge in [0.25, 0.3) is 10.0 Å². The van der Waals surface area contributed by atoms with Gasteiger partial charge < -0.3 is 19.4 Å². The van der Waals surface area contributed by atoms with Gasteiger partial charge in [-0.15, -0.1) is 0 Å². The molecule has 0 atom stereocenters. The predicted octanol–water partition coefficient (Wildman–Crippen LogP) is 3.59. The summed E-state index contributed by atoms with van der Waals surface area (Å²) in [6.07, 6.45) is 0. The third-order valence-corrected chi connectivity index (χ3v) is 8.19. The van der Waals surface area contributed by atoms with Gasteiger partial charge in [-0.25, -0.2) is 12.8 Å². The van der Waals surface area contributed by atoms with E-state index in [1.807, 2.05) is 0 Å². The van der Waals surface area contributed by atoms with Crippen LogP contribution in [0.4, 0.5) is 15.8 Å². The summed E-state index contributed by atoms with van der Waals surface area (Å²) in [5.74, 6) is -0.661. The summed E-state index contributed by atoms with van der Waals surface area (Å²) in [7, 11) is 0.173. The number of carbonyl (C=O) groups is 1. The van der Waals surface area contributed by atoms with E-state index >= 15 is 0 Å². The lowest BCUT2D eigenvalue weighted by molar-refractivity contribution is -0.114. The number of hydrogen-bond acceptors (Lipinski definition) is 7. The molecule has 0 saturated heterocycles. The topological polar surface area (TPSA) is 107 Å². The van der Waals surface area contributed by atoms with E-state index in [0.29, 0.717) is 21.7 Å². The first kappa shape index (κ1) is 25.2. The first-order chi connectivity index (χ1) is 17.1. The van der Waals surface area contributed by atoms with Gasteiger partial charge in [-0.3, -0.25) is 13.9 Å². The van der Waals surface area contributed by atoms with Crippen molar-refractivity contribution in [3.63, 3.8) is 0 Å². The van der Waals surface area contributed by atoms with Crippen molar-refractivity contribution in [2.75, 3.05) is 30.4 Å². The summed E-state index contributed by atoms with van der Waals surface area (Å²) in [5, 5.41) is 2.67. The van der Waals surface area contributed by atoms with Crippen LogP contribution in [0.25, 0.3) is 10.2 Å². The van der Waals surface area contributed by atoms with Crippen molar-refractivity contribution >= 4 is 48.9 Å². The second-order valence-electron chi connectivity index (χ2n) is 7.66. The number of thiazole rings is 1. The van der Waals surface area contributed by atoms with Crippen molar-refractivity contribution in [3.8, 4) is 11.5 Å². The number of benzene rings is 3. The molecule has 4 rings (SSSR count). The van der Waals surface area contributed by atoms with Crippen LogP contribution in [0.5, 0.6) is 11.5 Å². The van der Waals surface area contributed by atoms with Gasteiger partial charge in [0.05, 0.1) is 35.0 Å². The number of anilines is 2. The standard InChI is InChI=1S/C24H22FN3O6S2/c1-27-19-10-6-16(12-22(19)35-24(27)30)26-23(29)14-28(17-7-4-15(25)5-8-17)36(31,32)18-9-11-20(33-2)21(13-18)34-3/h4-13H,14H2,1-3H3,(H,26,29). The van der Waals surface area contributed by atoms with Gasteiger partial charge in [-0.1, -0.05) is 11.3 Å². The van der Waals surface area contributed by atoms with Crippen LogP contribution in [0, 0.1) is 5.82 Å². The van der Waals surface area contributed by atoms with E-state index in [4.69, 9.17) is 9.47 Å². The molecule has 0 saturated carbocycles. The third-order valence-electron chi connectivity index (χ3n) is 5.42. The van der Waals surface area contributed by atoms with E-state index in [1.54, 1.807) is 25.2 Å². The molecule has 12 heteroatoms. The molecule has 9 nitrogen and oxygen atoms in total. The normalized spacial score (nSPS) is 11.3. The highest BCUT2D eigenvalue weighted by Gasteiger charge is 2.28. The van der Waals surface area contributed by atoms with Gasteiger partial charge in [0.2, 0.25) is 5.91 Å². The van der Waals surface area contributed by atoms with Crippen LogP contribution >= 0.6 is 11.3 Å². The zero-order valence-corrected chi connectivity index (χ0v) is 21.2. The lowest BCUT2D eigenvalue weighted by Gasteiger charge is -2.24. The summed E-state index contributed by atoms with van der Waals surface area (Å²) >= 11 is 1.03. The highest BCUT2D eigenvalue weighted by molar-refractivity contribution is 7.92. The van der Waals surface area contributed by atoms with Crippen LogP contribution in [-0.4, -0.2) is 39.7 Å². The Hall–Kier alpha value is -3.90. The number of ether oxygens (including phenoxy) is 2. The molecule has 0 bridgehead atoms. The molecule has 0 spiro atoms. The average molecular weight is 532 g/mol. The Balaban J connectivity index is 1.67. The van der Waals surface area contributed by atoms with Crippen LogP contribution in [-0.2, 0) is 21.9 Å². The summed E-state index contributed by atoms with van der Waals surface area (Å²) in [5.41, 5.74) is 1.21. The number of nitrogens with one attached hydrogen (secondary N) is 1. The Bertz CT molecular complexity index is 1600. The quantitative estimate of drug-likeness (QED) is 0.373. The molecule has 0 fully saturated rings. The molecular formula is C24H22FN3O6S2. The fourth-order valence-corrected chi connectivity index (χ4v) is 5.92. The maximum Gasteiger partial charge on any atom is 0.307 e. The molecule has 36 heavy (non-hydrogen) atoms. The van der Waals surface area contributed by atoms with Crippen LogP contribution < -0.4 is 24.0 Å². The number of fused-ring (bicyclic) bond motifs is 1. The minimum absolute atomic E-state index is 0.0954. The van der Waals surface area contributed by atoms with Crippen molar-refractivity contribution in [2.45, 2.75) is 4.90 Å². The second-order valence-corrected chi connectivity index (χ2v) is 10.5. The first-order valence-corrected chi connectivity index (χ1v) is 12.8. The van der Waals surface area contributed by atoms with E-state index in [1.165, 1.54) is 49.1 Å². The van der Waals surface area contributed by atoms with Crippen molar-refractivity contribution in [3.05, 3.63) is 76.1 Å². The summed E-state index contributed by atoms with van der Waals surface area (Å²) in [4.78, 5) is 24.6. The number of rotatable bonds is 8. The summed E-state index contributed by atoms with van der Waals surface area (Å²) < 4.78 is 54.2. The van der Waals surface area contributed by atoms with E-state index in [0.717, 1.165) is 27.8 Å². The molecule has 3 aromatic carbocycles. The number of aryl methyl sites for hydroxylation is 1. The molecule has 0 aliphatic heterocycles. The number of sulfonamides is 1. The summed E-state index contributed by atoms with van der Waals surface area (Å²) in [6.45, 7) is -0.592. The molecule has 0 aliphatic rings. The van der Waals surface area contributed by atoms with Crippen LogP contribution in [0.2, 0.25) is 0 Å². The monoisotopic (exact) mass is 531 g/mol. The Morgan fingerprint density at radius 1 is 1.03 bits per heavy atom. The molecule has 0 aliphatic carbocycles. The summed E-state index contributed by atoms with van der Waals surface area (Å²) in [6, 6.07) is 13.8. The number of hydrogen-bond donors (Lipinski definition) is 1. The number of methoxy groups -OCH3 is 2. The van der Waals surface area contributed by atoms with Crippen molar-refractivity contribution in [1.82, 2.24) is 4.57 Å². The lowest BCUT2D eigenvalue weighted by atomic mass is 10.3. The second kappa shape index (κ2) is 9.99. The van der Waals surface area contributed by atoms with Gasteiger partial charge in [-0.2, -0.15) is 0 Å². The van der Waals surface area contributed by atoms with Gasteiger partial charge in [0.1, 0.15) is 12.4 Å².